The SMILES string of the molecule is COc1ccc(OC)c(C(C#N)SC)c1. The number of hydrogen-bond donors (Lipinski definition) is 0. The lowest BCUT2D eigenvalue weighted by Gasteiger charge is -2.12. The fraction of sp³-hybridized carbons (Fsp3) is 0.364. The smallest absolute Gasteiger partial charge is 0.124 e. The first-order valence-corrected chi connectivity index (χ1v) is 5.70. The highest BCUT2D eigenvalue weighted by Gasteiger charge is 2.15. The summed E-state index contributed by atoms with van der Waals surface area (Å²) < 4.78 is 10.3. The van der Waals surface area contributed by atoms with Gasteiger partial charge in [0.2, 0.25) is 0 Å². The number of rotatable bonds is 4. The minimum absolute atomic E-state index is 0.227. The first-order chi connectivity index (χ1) is 7.26. The van der Waals surface area contributed by atoms with Crippen molar-refractivity contribution in [3.63, 3.8) is 0 Å². The van der Waals surface area contributed by atoms with Crippen LogP contribution in [0.25, 0.3) is 0 Å². The summed E-state index contributed by atoms with van der Waals surface area (Å²) in [4.78, 5) is 0. The number of thioether (sulfide) groups is 1. The zero-order chi connectivity index (χ0) is 11.3. The number of benzene rings is 1. The second-order valence-corrected chi connectivity index (χ2v) is 3.80. The molecule has 3 nitrogen and oxygen atoms in total. The highest BCUT2D eigenvalue weighted by molar-refractivity contribution is 7.99. The summed E-state index contributed by atoms with van der Waals surface area (Å²) in [6.07, 6.45) is 1.90. The standard InChI is InChI=1S/C11H13NO2S/c1-13-8-4-5-10(14-2)9(6-8)11(7-12)15-3/h4-6,11H,1-3H3. The molecule has 4 heteroatoms. The fourth-order valence-corrected chi connectivity index (χ4v) is 1.84. The zero-order valence-corrected chi connectivity index (χ0v) is 9.80. The lowest BCUT2D eigenvalue weighted by atomic mass is 10.1. The molecule has 15 heavy (non-hydrogen) atoms. The van der Waals surface area contributed by atoms with Gasteiger partial charge in [0.15, 0.2) is 0 Å². The van der Waals surface area contributed by atoms with E-state index in [0.717, 1.165) is 17.1 Å². The van der Waals surface area contributed by atoms with Crippen molar-refractivity contribution in [2.45, 2.75) is 5.25 Å². The Morgan fingerprint density at radius 1 is 1.33 bits per heavy atom. The highest BCUT2D eigenvalue weighted by Crippen LogP contribution is 2.35. The quantitative estimate of drug-likeness (QED) is 0.787. The van der Waals surface area contributed by atoms with Crippen LogP contribution >= 0.6 is 11.8 Å². The van der Waals surface area contributed by atoms with Gasteiger partial charge >= 0.3 is 0 Å². The van der Waals surface area contributed by atoms with Crippen molar-refractivity contribution in [3.8, 4) is 17.6 Å². The Kier molecular flexibility index (Phi) is 4.32. The Bertz CT molecular complexity index is 373. The molecule has 0 spiro atoms. The van der Waals surface area contributed by atoms with Crippen LogP contribution in [0.5, 0.6) is 11.5 Å². The monoisotopic (exact) mass is 223 g/mol. The van der Waals surface area contributed by atoms with E-state index in [0.29, 0.717) is 0 Å². The molecule has 1 aromatic rings. The molecule has 0 heterocycles. The van der Waals surface area contributed by atoms with E-state index in [1.807, 2.05) is 24.5 Å². The largest absolute Gasteiger partial charge is 0.497 e. The first-order valence-electron chi connectivity index (χ1n) is 4.41. The maximum absolute atomic E-state index is 9.00. The molecule has 0 N–H and O–H groups in total. The Hall–Kier alpha value is -1.34. The minimum atomic E-state index is -0.227. The van der Waals surface area contributed by atoms with Gasteiger partial charge in [-0.05, 0) is 24.5 Å². The van der Waals surface area contributed by atoms with Crippen molar-refractivity contribution in [1.29, 1.82) is 5.26 Å². The summed E-state index contributed by atoms with van der Waals surface area (Å²) in [5, 5.41) is 8.77. The average molecular weight is 223 g/mol. The molecule has 0 aliphatic heterocycles. The second-order valence-electron chi connectivity index (χ2n) is 2.85. The van der Waals surface area contributed by atoms with Crippen LogP contribution in [0.4, 0.5) is 0 Å². The van der Waals surface area contributed by atoms with Crippen molar-refractivity contribution in [3.05, 3.63) is 23.8 Å². The maximum Gasteiger partial charge on any atom is 0.124 e. The van der Waals surface area contributed by atoms with Crippen LogP contribution in [0.15, 0.2) is 18.2 Å². The zero-order valence-electron chi connectivity index (χ0n) is 8.98. The molecular weight excluding hydrogens is 210 g/mol. The van der Waals surface area contributed by atoms with E-state index >= 15 is 0 Å². The number of nitriles is 1. The Morgan fingerprint density at radius 3 is 2.53 bits per heavy atom. The molecule has 0 bridgehead atoms. The fourth-order valence-electron chi connectivity index (χ4n) is 1.29. The van der Waals surface area contributed by atoms with Gasteiger partial charge in [-0.2, -0.15) is 5.26 Å². The molecule has 0 aliphatic rings. The molecule has 1 aromatic carbocycles. The van der Waals surface area contributed by atoms with Gasteiger partial charge in [0.05, 0.1) is 20.3 Å². The third kappa shape index (κ3) is 2.57. The Balaban J connectivity index is 3.17. The van der Waals surface area contributed by atoms with Crippen LogP contribution in [0.3, 0.4) is 0 Å². The van der Waals surface area contributed by atoms with E-state index in [-0.39, 0.29) is 5.25 Å². The lowest BCUT2D eigenvalue weighted by Crippen LogP contribution is -1.96. The Morgan fingerprint density at radius 2 is 2.07 bits per heavy atom. The van der Waals surface area contributed by atoms with Gasteiger partial charge in [-0.1, -0.05) is 0 Å². The van der Waals surface area contributed by atoms with Gasteiger partial charge < -0.3 is 9.47 Å². The van der Waals surface area contributed by atoms with Crippen LogP contribution in [-0.2, 0) is 0 Å². The van der Waals surface area contributed by atoms with Crippen LogP contribution in [0, 0.1) is 11.3 Å². The third-order valence-corrected chi connectivity index (χ3v) is 2.90. The van der Waals surface area contributed by atoms with Crippen molar-refractivity contribution in [1.82, 2.24) is 0 Å². The van der Waals surface area contributed by atoms with E-state index < -0.39 is 0 Å². The van der Waals surface area contributed by atoms with Gasteiger partial charge in [-0.25, -0.2) is 0 Å². The van der Waals surface area contributed by atoms with Crippen LogP contribution in [0.1, 0.15) is 10.8 Å². The topological polar surface area (TPSA) is 42.2 Å². The number of methoxy groups -OCH3 is 2. The van der Waals surface area contributed by atoms with Gasteiger partial charge in [0, 0.05) is 5.56 Å². The van der Waals surface area contributed by atoms with E-state index in [2.05, 4.69) is 6.07 Å². The highest BCUT2D eigenvalue weighted by atomic mass is 32.2. The molecule has 0 amide bonds. The maximum atomic E-state index is 9.00. The summed E-state index contributed by atoms with van der Waals surface area (Å²) in [5.41, 5.74) is 0.854. The predicted octanol–water partition coefficient (Wildman–Crippen LogP) is 2.63. The van der Waals surface area contributed by atoms with Crippen molar-refractivity contribution >= 4 is 11.8 Å². The number of ether oxygens (including phenoxy) is 2. The minimum Gasteiger partial charge on any atom is -0.497 e. The molecule has 1 unspecified atom stereocenters. The summed E-state index contributed by atoms with van der Waals surface area (Å²) in [6, 6.07) is 7.69. The van der Waals surface area contributed by atoms with Crippen LogP contribution < -0.4 is 9.47 Å². The molecule has 0 saturated heterocycles. The normalized spacial score (nSPS) is 11.6. The molecular formula is C11H13NO2S. The molecule has 0 radical (unpaired) electrons. The summed E-state index contributed by atoms with van der Waals surface area (Å²) in [6.45, 7) is 0. The first kappa shape index (κ1) is 11.7. The molecule has 1 atom stereocenters. The molecule has 0 aliphatic carbocycles. The van der Waals surface area contributed by atoms with Gasteiger partial charge in [-0.15, -0.1) is 11.8 Å². The molecule has 1 rings (SSSR count). The molecule has 0 fully saturated rings. The number of nitrogens with zero attached hydrogens (tertiary/aromatic N) is 1. The summed E-state index contributed by atoms with van der Waals surface area (Å²) in [5.74, 6) is 1.46. The van der Waals surface area contributed by atoms with E-state index in [9.17, 15) is 0 Å². The number of hydrogen-bond acceptors (Lipinski definition) is 4. The van der Waals surface area contributed by atoms with Gasteiger partial charge in [0.25, 0.3) is 0 Å². The average Bonchev–Trinajstić information content (AvgIpc) is 2.30. The van der Waals surface area contributed by atoms with E-state index in [1.165, 1.54) is 11.8 Å². The van der Waals surface area contributed by atoms with E-state index in [4.69, 9.17) is 14.7 Å². The van der Waals surface area contributed by atoms with Crippen molar-refractivity contribution in [2.75, 3.05) is 20.5 Å². The predicted molar refractivity (Wildman–Crippen MR) is 61.4 cm³/mol. The van der Waals surface area contributed by atoms with E-state index in [1.54, 1.807) is 14.2 Å². The lowest BCUT2D eigenvalue weighted by molar-refractivity contribution is 0.399. The Labute approximate surface area is 94.0 Å². The van der Waals surface area contributed by atoms with Gasteiger partial charge in [0.1, 0.15) is 16.7 Å². The van der Waals surface area contributed by atoms with Crippen molar-refractivity contribution < 1.29 is 9.47 Å². The molecule has 0 saturated carbocycles. The van der Waals surface area contributed by atoms with Crippen LogP contribution in [0.2, 0.25) is 0 Å². The second kappa shape index (κ2) is 5.52. The van der Waals surface area contributed by atoms with Gasteiger partial charge in [-0.3, -0.25) is 0 Å². The van der Waals surface area contributed by atoms with Crippen LogP contribution in [-0.4, -0.2) is 20.5 Å². The third-order valence-electron chi connectivity index (χ3n) is 2.07. The molecule has 80 valence electrons. The summed E-state index contributed by atoms with van der Waals surface area (Å²) in [7, 11) is 3.20. The molecule has 0 aromatic heterocycles. The summed E-state index contributed by atoms with van der Waals surface area (Å²) >= 11 is 1.48. The van der Waals surface area contributed by atoms with Crippen molar-refractivity contribution in [2.24, 2.45) is 0 Å².